The van der Waals surface area contributed by atoms with Crippen molar-refractivity contribution in [1.29, 1.82) is 10.5 Å². The third kappa shape index (κ3) is 4.97. The Hall–Kier alpha value is -1.95. The number of hydrogen-bond acceptors (Lipinski definition) is 3. The van der Waals surface area contributed by atoms with Crippen molar-refractivity contribution < 1.29 is 4.79 Å². The summed E-state index contributed by atoms with van der Waals surface area (Å²) in [5.74, 6) is 0. The number of rotatable bonds is 5. The maximum atomic E-state index is 12.0. The molecule has 1 aromatic rings. The standard InChI is InChI=1S/C13H12Cl2N4O/c14-11-4-3-10(9-12(11)15)18-13(20)19(7-1-5-16)8-2-6-17/h3-4,9H,1-2,7-8H2,(H,18,20). The van der Waals surface area contributed by atoms with Gasteiger partial charge in [-0.05, 0) is 18.2 Å². The first-order valence-electron chi connectivity index (χ1n) is 5.83. The van der Waals surface area contributed by atoms with Crippen LogP contribution in [0.4, 0.5) is 10.5 Å². The minimum atomic E-state index is -0.381. The van der Waals surface area contributed by atoms with Crippen LogP contribution in [-0.4, -0.2) is 24.0 Å². The summed E-state index contributed by atoms with van der Waals surface area (Å²) in [6, 6.07) is 8.29. The number of carbonyl (C=O) groups is 1. The van der Waals surface area contributed by atoms with E-state index in [2.05, 4.69) is 5.32 Å². The van der Waals surface area contributed by atoms with Gasteiger partial charge in [-0.1, -0.05) is 23.2 Å². The molecule has 0 heterocycles. The Morgan fingerprint density at radius 3 is 2.25 bits per heavy atom. The van der Waals surface area contributed by atoms with Crippen molar-refractivity contribution in [1.82, 2.24) is 4.90 Å². The van der Waals surface area contributed by atoms with Crippen LogP contribution >= 0.6 is 23.2 Å². The predicted molar refractivity (Wildman–Crippen MR) is 77.5 cm³/mol. The molecule has 0 radical (unpaired) electrons. The predicted octanol–water partition coefficient (Wildman–Crippen LogP) is 3.65. The molecule has 2 amide bonds. The average Bonchev–Trinajstić information content (AvgIpc) is 2.43. The highest BCUT2D eigenvalue weighted by molar-refractivity contribution is 6.42. The van der Waals surface area contributed by atoms with Crippen molar-refractivity contribution >= 4 is 34.9 Å². The van der Waals surface area contributed by atoms with Gasteiger partial charge in [0.1, 0.15) is 0 Å². The van der Waals surface area contributed by atoms with Crippen molar-refractivity contribution in [3.63, 3.8) is 0 Å². The smallest absolute Gasteiger partial charge is 0.321 e. The molecule has 0 aromatic heterocycles. The van der Waals surface area contributed by atoms with E-state index >= 15 is 0 Å². The molecule has 0 saturated heterocycles. The minimum absolute atomic E-state index is 0.209. The highest BCUT2D eigenvalue weighted by Gasteiger charge is 2.13. The summed E-state index contributed by atoms with van der Waals surface area (Å²) < 4.78 is 0. The van der Waals surface area contributed by atoms with Crippen molar-refractivity contribution in [3.8, 4) is 12.1 Å². The van der Waals surface area contributed by atoms with Crippen LogP contribution in [-0.2, 0) is 0 Å². The Morgan fingerprint density at radius 2 is 1.75 bits per heavy atom. The average molecular weight is 311 g/mol. The summed E-state index contributed by atoms with van der Waals surface area (Å²) in [5, 5.41) is 20.5. The van der Waals surface area contributed by atoms with Crippen LogP contribution in [0, 0.1) is 22.7 Å². The van der Waals surface area contributed by atoms with E-state index in [1.807, 2.05) is 12.1 Å². The van der Waals surface area contributed by atoms with E-state index in [0.717, 1.165) is 0 Å². The molecule has 1 aromatic carbocycles. The van der Waals surface area contributed by atoms with Crippen LogP contribution in [0.3, 0.4) is 0 Å². The Morgan fingerprint density at radius 1 is 1.15 bits per heavy atom. The molecule has 1 N–H and O–H groups in total. The molecule has 0 saturated carbocycles. The number of urea groups is 1. The van der Waals surface area contributed by atoms with E-state index in [9.17, 15) is 4.79 Å². The summed E-state index contributed by atoms with van der Waals surface area (Å²) in [4.78, 5) is 13.5. The molecular formula is C13H12Cl2N4O. The fourth-order valence-corrected chi connectivity index (χ4v) is 1.76. The van der Waals surface area contributed by atoms with Gasteiger partial charge in [0.25, 0.3) is 0 Å². The number of halogens is 2. The van der Waals surface area contributed by atoms with Gasteiger partial charge < -0.3 is 10.2 Å². The molecule has 0 bridgehead atoms. The molecular weight excluding hydrogens is 299 g/mol. The fraction of sp³-hybridized carbons (Fsp3) is 0.308. The first-order valence-corrected chi connectivity index (χ1v) is 6.59. The van der Waals surface area contributed by atoms with Crippen LogP contribution in [0.25, 0.3) is 0 Å². The van der Waals surface area contributed by atoms with E-state index in [1.165, 1.54) is 11.0 Å². The second kappa shape index (κ2) is 8.27. The van der Waals surface area contributed by atoms with Crippen LogP contribution in [0.5, 0.6) is 0 Å². The lowest BCUT2D eigenvalue weighted by Gasteiger charge is -2.21. The van der Waals surface area contributed by atoms with Gasteiger partial charge in [-0.25, -0.2) is 4.79 Å². The van der Waals surface area contributed by atoms with Gasteiger partial charge >= 0.3 is 6.03 Å². The molecule has 0 aliphatic carbocycles. The van der Waals surface area contributed by atoms with Gasteiger partial charge in [-0.2, -0.15) is 10.5 Å². The largest absolute Gasteiger partial charge is 0.322 e. The highest BCUT2D eigenvalue weighted by atomic mass is 35.5. The Balaban J connectivity index is 2.71. The lowest BCUT2D eigenvalue weighted by Crippen LogP contribution is -2.36. The normalized spacial score (nSPS) is 9.40. The van der Waals surface area contributed by atoms with Crippen LogP contribution in [0.15, 0.2) is 18.2 Å². The summed E-state index contributed by atoms with van der Waals surface area (Å²) in [6.07, 6.45) is 0.417. The Kier molecular flexibility index (Phi) is 6.66. The van der Waals surface area contributed by atoms with Crippen LogP contribution < -0.4 is 5.32 Å². The van der Waals surface area contributed by atoms with Gasteiger partial charge in [-0.15, -0.1) is 0 Å². The lowest BCUT2D eigenvalue weighted by atomic mass is 10.3. The number of nitrogens with one attached hydrogen (secondary N) is 1. The second-order valence-electron chi connectivity index (χ2n) is 3.86. The zero-order chi connectivity index (χ0) is 15.0. The molecule has 7 heteroatoms. The quantitative estimate of drug-likeness (QED) is 0.901. The molecule has 0 spiro atoms. The number of hydrogen-bond donors (Lipinski definition) is 1. The van der Waals surface area contributed by atoms with Gasteiger partial charge in [0, 0.05) is 18.8 Å². The number of amides is 2. The summed E-state index contributed by atoms with van der Waals surface area (Å²) in [5.41, 5.74) is 0.503. The highest BCUT2D eigenvalue weighted by Crippen LogP contribution is 2.25. The van der Waals surface area contributed by atoms with E-state index < -0.39 is 0 Å². The zero-order valence-electron chi connectivity index (χ0n) is 10.6. The summed E-state index contributed by atoms with van der Waals surface area (Å²) >= 11 is 11.7. The number of carbonyl (C=O) groups excluding carboxylic acids is 1. The van der Waals surface area contributed by atoms with E-state index in [0.29, 0.717) is 15.7 Å². The maximum absolute atomic E-state index is 12.0. The van der Waals surface area contributed by atoms with Gasteiger partial charge in [0.05, 0.1) is 35.0 Å². The molecule has 5 nitrogen and oxygen atoms in total. The topological polar surface area (TPSA) is 79.9 Å². The van der Waals surface area contributed by atoms with Crippen molar-refractivity contribution in [3.05, 3.63) is 28.2 Å². The zero-order valence-corrected chi connectivity index (χ0v) is 12.1. The van der Waals surface area contributed by atoms with E-state index in [4.69, 9.17) is 33.7 Å². The molecule has 0 fully saturated rings. The van der Waals surface area contributed by atoms with Gasteiger partial charge in [0.15, 0.2) is 0 Å². The number of nitrogens with zero attached hydrogens (tertiary/aromatic N) is 3. The van der Waals surface area contributed by atoms with Crippen LogP contribution in [0.1, 0.15) is 12.8 Å². The molecule has 0 atom stereocenters. The Bertz CT molecular complexity index is 544. The van der Waals surface area contributed by atoms with Crippen molar-refractivity contribution in [2.75, 3.05) is 18.4 Å². The molecule has 0 unspecified atom stereocenters. The van der Waals surface area contributed by atoms with Crippen molar-refractivity contribution in [2.24, 2.45) is 0 Å². The molecule has 1 rings (SSSR count). The third-order valence-corrected chi connectivity index (χ3v) is 3.18. The fourth-order valence-electron chi connectivity index (χ4n) is 1.46. The van der Waals surface area contributed by atoms with Gasteiger partial charge in [-0.3, -0.25) is 0 Å². The number of anilines is 1. The molecule has 0 aliphatic heterocycles. The molecule has 104 valence electrons. The van der Waals surface area contributed by atoms with Crippen molar-refractivity contribution in [2.45, 2.75) is 12.8 Å². The number of benzene rings is 1. The van der Waals surface area contributed by atoms with Gasteiger partial charge in [0.2, 0.25) is 0 Å². The first kappa shape index (κ1) is 16.1. The Labute approximate surface area is 127 Å². The number of nitriles is 2. The third-order valence-electron chi connectivity index (χ3n) is 2.45. The molecule has 20 heavy (non-hydrogen) atoms. The monoisotopic (exact) mass is 310 g/mol. The SMILES string of the molecule is N#CCCN(CCC#N)C(=O)Nc1ccc(Cl)c(Cl)c1. The van der Waals surface area contributed by atoms with E-state index in [-0.39, 0.29) is 32.0 Å². The summed E-state index contributed by atoms with van der Waals surface area (Å²) in [7, 11) is 0. The van der Waals surface area contributed by atoms with E-state index in [1.54, 1.807) is 12.1 Å². The molecule has 0 aliphatic rings. The lowest BCUT2D eigenvalue weighted by molar-refractivity contribution is 0.214. The first-order chi connectivity index (χ1) is 9.58. The van der Waals surface area contributed by atoms with Crippen LogP contribution in [0.2, 0.25) is 10.0 Å². The summed E-state index contributed by atoms with van der Waals surface area (Å²) in [6.45, 7) is 0.538. The second-order valence-corrected chi connectivity index (χ2v) is 4.68. The minimum Gasteiger partial charge on any atom is -0.322 e. The maximum Gasteiger partial charge on any atom is 0.321 e.